The number of nitrogens with one attached hydrogen (secondary N) is 1. The fourth-order valence-electron chi connectivity index (χ4n) is 3.16. The van der Waals surface area contributed by atoms with Crippen LogP contribution in [0.15, 0.2) is 12.1 Å². The van der Waals surface area contributed by atoms with E-state index >= 15 is 0 Å². The molecule has 0 aliphatic carbocycles. The lowest BCUT2D eigenvalue weighted by Gasteiger charge is -2.33. The Balaban J connectivity index is 2.19. The van der Waals surface area contributed by atoms with E-state index < -0.39 is 0 Å². The van der Waals surface area contributed by atoms with Crippen molar-refractivity contribution in [2.24, 2.45) is 5.92 Å². The third kappa shape index (κ3) is 3.18. The predicted octanol–water partition coefficient (Wildman–Crippen LogP) is 3.42. The van der Waals surface area contributed by atoms with Gasteiger partial charge in [-0.15, -0.1) is 0 Å². The summed E-state index contributed by atoms with van der Waals surface area (Å²) in [4.78, 5) is 0. The van der Waals surface area contributed by atoms with Crippen molar-refractivity contribution in [3.8, 4) is 0 Å². The van der Waals surface area contributed by atoms with E-state index in [4.69, 9.17) is 0 Å². The molecule has 106 valence electrons. The van der Waals surface area contributed by atoms with Crippen molar-refractivity contribution >= 4 is 0 Å². The molecule has 0 bridgehead atoms. The van der Waals surface area contributed by atoms with Gasteiger partial charge in [-0.1, -0.05) is 25.5 Å². The standard InChI is InChI=1S/C17H27NO/c1-5-14-6-7-18-16(10-14)17(19)15-9-12(3)11(2)8-13(15)4/h8-9,14,16-19H,5-7,10H2,1-4H3. The molecular formula is C17H27NO. The topological polar surface area (TPSA) is 32.3 Å². The summed E-state index contributed by atoms with van der Waals surface area (Å²) in [5.41, 5.74) is 4.87. The first kappa shape index (κ1) is 14.5. The Hall–Kier alpha value is -0.860. The van der Waals surface area contributed by atoms with Crippen LogP contribution in [-0.2, 0) is 0 Å². The molecule has 1 aliphatic heterocycles. The summed E-state index contributed by atoms with van der Waals surface area (Å²) in [6.45, 7) is 9.63. The van der Waals surface area contributed by atoms with Crippen LogP contribution in [0.1, 0.15) is 54.5 Å². The Morgan fingerprint density at radius 3 is 2.58 bits per heavy atom. The highest BCUT2D eigenvalue weighted by atomic mass is 16.3. The van der Waals surface area contributed by atoms with Gasteiger partial charge in [0.05, 0.1) is 6.10 Å². The van der Waals surface area contributed by atoms with Crippen LogP contribution in [0.2, 0.25) is 0 Å². The molecule has 2 rings (SSSR count). The van der Waals surface area contributed by atoms with Gasteiger partial charge >= 0.3 is 0 Å². The molecule has 1 heterocycles. The molecule has 3 unspecified atom stereocenters. The molecule has 2 nitrogen and oxygen atoms in total. The molecular weight excluding hydrogens is 234 g/mol. The molecule has 1 saturated heterocycles. The fraction of sp³-hybridized carbons (Fsp3) is 0.647. The van der Waals surface area contributed by atoms with Gasteiger partial charge in [0.2, 0.25) is 0 Å². The number of piperidine rings is 1. The first-order chi connectivity index (χ1) is 9.02. The second kappa shape index (κ2) is 6.06. The van der Waals surface area contributed by atoms with Crippen molar-refractivity contribution in [1.82, 2.24) is 5.32 Å². The van der Waals surface area contributed by atoms with E-state index in [1.54, 1.807) is 0 Å². The van der Waals surface area contributed by atoms with Gasteiger partial charge in [0.1, 0.15) is 0 Å². The van der Waals surface area contributed by atoms with Crippen molar-refractivity contribution in [2.75, 3.05) is 6.54 Å². The second-order valence-electron chi connectivity index (χ2n) is 6.10. The van der Waals surface area contributed by atoms with E-state index in [1.807, 2.05) is 0 Å². The lowest BCUT2D eigenvalue weighted by atomic mass is 9.84. The molecule has 0 saturated carbocycles. The zero-order valence-electron chi connectivity index (χ0n) is 12.7. The van der Waals surface area contributed by atoms with Gasteiger partial charge in [0.15, 0.2) is 0 Å². The maximum Gasteiger partial charge on any atom is 0.0945 e. The molecule has 1 aliphatic rings. The molecule has 1 fully saturated rings. The van der Waals surface area contributed by atoms with E-state index in [1.165, 1.54) is 29.5 Å². The van der Waals surface area contributed by atoms with Crippen molar-refractivity contribution in [1.29, 1.82) is 0 Å². The van der Waals surface area contributed by atoms with Gasteiger partial charge in [-0.2, -0.15) is 0 Å². The molecule has 2 heteroatoms. The maximum absolute atomic E-state index is 10.7. The summed E-state index contributed by atoms with van der Waals surface area (Å²) in [5.74, 6) is 0.757. The highest BCUT2D eigenvalue weighted by molar-refractivity contribution is 5.38. The molecule has 1 aromatic rings. The monoisotopic (exact) mass is 261 g/mol. The van der Waals surface area contributed by atoms with E-state index in [9.17, 15) is 5.11 Å². The van der Waals surface area contributed by atoms with E-state index in [-0.39, 0.29) is 12.1 Å². The van der Waals surface area contributed by atoms with Crippen LogP contribution in [0.25, 0.3) is 0 Å². The first-order valence-corrected chi connectivity index (χ1v) is 7.52. The number of hydrogen-bond acceptors (Lipinski definition) is 2. The van der Waals surface area contributed by atoms with Crippen LogP contribution in [0.4, 0.5) is 0 Å². The van der Waals surface area contributed by atoms with Gasteiger partial charge in [0, 0.05) is 6.04 Å². The number of rotatable bonds is 3. The van der Waals surface area contributed by atoms with Gasteiger partial charge in [-0.25, -0.2) is 0 Å². The molecule has 0 aromatic heterocycles. The summed E-state index contributed by atoms with van der Waals surface area (Å²) >= 11 is 0. The minimum absolute atomic E-state index is 0.208. The number of aryl methyl sites for hydroxylation is 3. The van der Waals surface area contributed by atoms with E-state index in [2.05, 4.69) is 45.1 Å². The van der Waals surface area contributed by atoms with Crippen molar-refractivity contribution in [3.05, 3.63) is 34.4 Å². The smallest absolute Gasteiger partial charge is 0.0945 e. The van der Waals surface area contributed by atoms with Crippen LogP contribution in [0.3, 0.4) is 0 Å². The molecule has 0 spiro atoms. The molecule has 2 N–H and O–H groups in total. The van der Waals surface area contributed by atoms with Gasteiger partial charge in [-0.05, 0) is 68.3 Å². The zero-order valence-corrected chi connectivity index (χ0v) is 12.7. The van der Waals surface area contributed by atoms with Crippen LogP contribution in [-0.4, -0.2) is 17.7 Å². The Morgan fingerprint density at radius 1 is 1.21 bits per heavy atom. The van der Waals surface area contributed by atoms with Gasteiger partial charge in [-0.3, -0.25) is 0 Å². The molecule has 0 radical (unpaired) electrons. The Labute approximate surface area is 117 Å². The fourth-order valence-corrected chi connectivity index (χ4v) is 3.16. The molecule has 19 heavy (non-hydrogen) atoms. The van der Waals surface area contributed by atoms with Crippen molar-refractivity contribution in [3.63, 3.8) is 0 Å². The number of aliphatic hydroxyl groups excluding tert-OH is 1. The minimum Gasteiger partial charge on any atom is -0.387 e. The zero-order chi connectivity index (χ0) is 14.0. The Bertz CT molecular complexity index is 441. The lowest BCUT2D eigenvalue weighted by molar-refractivity contribution is 0.0973. The summed E-state index contributed by atoms with van der Waals surface area (Å²) in [5, 5.41) is 14.2. The van der Waals surface area contributed by atoms with Crippen molar-refractivity contribution in [2.45, 2.75) is 59.1 Å². The second-order valence-corrected chi connectivity index (χ2v) is 6.10. The highest BCUT2D eigenvalue weighted by Crippen LogP contribution is 2.30. The Kier molecular flexibility index (Phi) is 4.64. The summed E-state index contributed by atoms with van der Waals surface area (Å²) in [6, 6.07) is 4.56. The van der Waals surface area contributed by atoms with E-state index in [0.29, 0.717) is 0 Å². The SMILES string of the molecule is CCC1CCNC(C(O)c2cc(C)c(C)cc2C)C1. The van der Waals surface area contributed by atoms with E-state index in [0.717, 1.165) is 24.4 Å². The number of aliphatic hydroxyl groups is 1. The maximum atomic E-state index is 10.7. The predicted molar refractivity (Wildman–Crippen MR) is 80.4 cm³/mol. The normalized spacial score (nSPS) is 25.3. The average Bonchev–Trinajstić information content (AvgIpc) is 2.42. The minimum atomic E-state index is -0.381. The highest BCUT2D eigenvalue weighted by Gasteiger charge is 2.28. The van der Waals surface area contributed by atoms with Crippen LogP contribution in [0.5, 0.6) is 0 Å². The third-order valence-corrected chi connectivity index (χ3v) is 4.71. The summed E-state index contributed by atoms with van der Waals surface area (Å²) in [7, 11) is 0. The van der Waals surface area contributed by atoms with Crippen LogP contribution < -0.4 is 5.32 Å². The molecule has 0 amide bonds. The number of hydrogen-bond donors (Lipinski definition) is 2. The molecule has 1 aromatic carbocycles. The van der Waals surface area contributed by atoms with Gasteiger partial charge in [0.25, 0.3) is 0 Å². The first-order valence-electron chi connectivity index (χ1n) is 7.52. The van der Waals surface area contributed by atoms with Crippen molar-refractivity contribution < 1.29 is 5.11 Å². The summed E-state index contributed by atoms with van der Waals surface area (Å²) in [6.07, 6.45) is 3.17. The summed E-state index contributed by atoms with van der Waals surface area (Å²) < 4.78 is 0. The molecule has 3 atom stereocenters. The number of benzene rings is 1. The van der Waals surface area contributed by atoms with Gasteiger partial charge < -0.3 is 10.4 Å². The quantitative estimate of drug-likeness (QED) is 0.874. The third-order valence-electron chi connectivity index (χ3n) is 4.71. The largest absolute Gasteiger partial charge is 0.387 e. The average molecular weight is 261 g/mol. The Morgan fingerprint density at radius 2 is 1.89 bits per heavy atom. The van der Waals surface area contributed by atoms with Crippen LogP contribution >= 0.6 is 0 Å². The lowest BCUT2D eigenvalue weighted by Crippen LogP contribution is -2.42. The van der Waals surface area contributed by atoms with Crippen LogP contribution in [0, 0.1) is 26.7 Å².